The molecule has 3 nitrogen and oxygen atoms in total. The molecule has 0 spiro atoms. The Balaban J connectivity index is 2.85. The number of ether oxygens (including phenoxy) is 1. The van der Waals surface area contributed by atoms with E-state index in [1.165, 1.54) is 4.57 Å². The average Bonchev–Trinajstić information content (AvgIpc) is 2.08. The summed E-state index contributed by atoms with van der Waals surface area (Å²) >= 11 is 0. The van der Waals surface area contributed by atoms with E-state index in [1.54, 1.807) is 25.4 Å². The molecule has 0 radical (unpaired) electrons. The lowest BCUT2D eigenvalue weighted by atomic mass is 10.4. The number of aromatic nitrogens is 1. The van der Waals surface area contributed by atoms with Gasteiger partial charge in [0, 0.05) is 13.2 Å². The standard InChI is InChI=1S/C9H13NO2/c1-3-7-12-8-5-4-6-10(2)9(8)11/h4-6H,3,7H2,1-2H3. The number of hydrogen-bond donors (Lipinski definition) is 0. The van der Waals surface area contributed by atoms with Crippen molar-refractivity contribution in [1.29, 1.82) is 0 Å². The van der Waals surface area contributed by atoms with Crippen molar-refractivity contribution in [2.24, 2.45) is 7.05 Å². The van der Waals surface area contributed by atoms with Gasteiger partial charge in [0.15, 0.2) is 5.75 Å². The lowest BCUT2D eigenvalue weighted by Gasteiger charge is -2.04. The minimum atomic E-state index is -0.0778. The lowest BCUT2D eigenvalue weighted by molar-refractivity contribution is 0.311. The molecule has 0 aliphatic carbocycles. The predicted molar refractivity (Wildman–Crippen MR) is 47.5 cm³/mol. The van der Waals surface area contributed by atoms with Gasteiger partial charge in [0.25, 0.3) is 5.56 Å². The zero-order valence-corrected chi connectivity index (χ0v) is 7.41. The summed E-state index contributed by atoms with van der Waals surface area (Å²) in [7, 11) is 1.71. The van der Waals surface area contributed by atoms with E-state index in [0.29, 0.717) is 12.4 Å². The Morgan fingerprint density at radius 1 is 1.58 bits per heavy atom. The van der Waals surface area contributed by atoms with Crippen molar-refractivity contribution in [3.05, 3.63) is 28.7 Å². The van der Waals surface area contributed by atoms with Gasteiger partial charge in [0.2, 0.25) is 0 Å². The third-order valence-corrected chi connectivity index (χ3v) is 1.55. The van der Waals surface area contributed by atoms with Gasteiger partial charge in [-0.1, -0.05) is 6.92 Å². The van der Waals surface area contributed by atoms with Crippen LogP contribution >= 0.6 is 0 Å². The quantitative estimate of drug-likeness (QED) is 0.676. The van der Waals surface area contributed by atoms with Crippen molar-refractivity contribution in [1.82, 2.24) is 4.57 Å². The molecule has 1 rings (SSSR count). The van der Waals surface area contributed by atoms with Gasteiger partial charge in [-0.25, -0.2) is 0 Å². The van der Waals surface area contributed by atoms with Crippen molar-refractivity contribution in [2.45, 2.75) is 13.3 Å². The molecule has 1 heterocycles. The van der Waals surface area contributed by atoms with Crippen LogP contribution in [0.4, 0.5) is 0 Å². The molecule has 0 aliphatic heterocycles. The number of hydrogen-bond acceptors (Lipinski definition) is 2. The van der Waals surface area contributed by atoms with Crippen LogP contribution in [0.5, 0.6) is 5.75 Å². The third kappa shape index (κ3) is 1.87. The highest BCUT2D eigenvalue weighted by Gasteiger charge is 1.99. The first-order chi connectivity index (χ1) is 5.75. The van der Waals surface area contributed by atoms with Crippen molar-refractivity contribution < 1.29 is 4.74 Å². The van der Waals surface area contributed by atoms with Gasteiger partial charge in [0.1, 0.15) is 0 Å². The van der Waals surface area contributed by atoms with Crippen LogP contribution in [0.15, 0.2) is 23.1 Å². The van der Waals surface area contributed by atoms with Crippen LogP contribution in [0.25, 0.3) is 0 Å². The maximum Gasteiger partial charge on any atom is 0.292 e. The van der Waals surface area contributed by atoms with E-state index < -0.39 is 0 Å². The molecule has 0 saturated heterocycles. The van der Waals surface area contributed by atoms with E-state index in [4.69, 9.17) is 4.74 Å². The van der Waals surface area contributed by atoms with E-state index >= 15 is 0 Å². The van der Waals surface area contributed by atoms with Crippen LogP contribution in [0, 0.1) is 0 Å². The molecule has 0 saturated carbocycles. The number of rotatable bonds is 3. The highest BCUT2D eigenvalue weighted by Crippen LogP contribution is 2.00. The maximum absolute atomic E-state index is 11.3. The molecule has 3 heteroatoms. The minimum absolute atomic E-state index is 0.0778. The molecule has 66 valence electrons. The first kappa shape index (κ1) is 8.84. The molecule has 1 aromatic heterocycles. The van der Waals surface area contributed by atoms with E-state index in [0.717, 1.165) is 6.42 Å². The zero-order valence-electron chi connectivity index (χ0n) is 7.41. The lowest BCUT2D eigenvalue weighted by Crippen LogP contribution is -2.18. The van der Waals surface area contributed by atoms with Crippen LogP contribution in [0.3, 0.4) is 0 Å². The van der Waals surface area contributed by atoms with Crippen LogP contribution in [0.2, 0.25) is 0 Å². The molecule has 12 heavy (non-hydrogen) atoms. The van der Waals surface area contributed by atoms with Crippen molar-refractivity contribution >= 4 is 0 Å². The minimum Gasteiger partial charge on any atom is -0.488 e. The topological polar surface area (TPSA) is 31.2 Å². The van der Waals surface area contributed by atoms with Gasteiger partial charge in [-0.15, -0.1) is 0 Å². The molecule has 0 amide bonds. The maximum atomic E-state index is 11.3. The summed E-state index contributed by atoms with van der Waals surface area (Å²) in [5, 5.41) is 0. The fourth-order valence-electron chi connectivity index (χ4n) is 0.894. The van der Waals surface area contributed by atoms with Crippen molar-refractivity contribution in [3.63, 3.8) is 0 Å². The first-order valence-corrected chi connectivity index (χ1v) is 4.04. The fourth-order valence-corrected chi connectivity index (χ4v) is 0.894. The SMILES string of the molecule is CCCOc1cccn(C)c1=O. The van der Waals surface area contributed by atoms with Gasteiger partial charge in [-0.05, 0) is 18.6 Å². The fraction of sp³-hybridized carbons (Fsp3) is 0.444. The van der Waals surface area contributed by atoms with E-state index in [-0.39, 0.29) is 5.56 Å². The third-order valence-electron chi connectivity index (χ3n) is 1.55. The molecule has 0 bridgehead atoms. The first-order valence-electron chi connectivity index (χ1n) is 4.04. The Bertz CT molecular complexity index is 304. The molecule has 0 fully saturated rings. The molecule has 0 N–H and O–H groups in total. The van der Waals surface area contributed by atoms with Gasteiger partial charge >= 0.3 is 0 Å². The average molecular weight is 167 g/mol. The zero-order chi connectivity index (χ0) is 8.97. The van der Waals surface area contributed by atoms with Crippen LogP contribution in [0.1, 0.15) is 13.3 Å². The molecular formula is C9H13NO2. The Kier molecular flexibility index (Phi) is 2.91. The van der Waals surface area contributed by atoms with Gasteiger partial charge < -0.3 is 9.30 Å². The summed E-state index contributed by atoms with van der Waals surface area (Å²) in [6, 6.07) is 3.49. The van der Waals surface area contributed by atoms with E-state index in [9.17, 15) is 4.79 Å². The van der Waals surface area contributed by atoms with Crippen LogP contribution in [-0.2, 0) is 7.05 Å². The predicted octanol–water partition coefficient (Wildman–Crippen LogP) is 1.17. The van der Waals surface area contributed by atoms with Crippen LogP contribution in [-0.4, -0.2) is 11.2 Å². The Morgan fingerprint density at radius 2 is 2.33 bits per heavy atom. The second-order valence-corrected chi connectivity index (χ2v) is 2.64. The van der Waals surface area contributed by atoms with Crippen molar-refractivity contribution in [3.8, 4) is 5.75 Å². The summed E-state index contributed by atoms with van der Waals surface area (Å²) in [6.07, 6.45) is 2.62. The van der Waals surface area contributed by atoms with Gasteiger partial charge in [-0.2, -0.15) is 0 Å². The molecule has 0 aromatic carbocycles. The van der Waals surface area contributed by atoms with Crippen molar-refractivity contribution in [2.75, 3.05) is 6.61 Å². The highest BCUT2D eigenvalue weighted by atomic mass is 16.5. The summed E-state index contributed by atoms with van der Waals surface area (Å²) in [5.74, 6) is 0.432. The largest absolute Gasteiger partial charge is 0.488 e. The Morgan fingerprint density at radius 3 is 3.00 bits per heavy atom. The van der Waals surface area contributed by atoms with Crippen LogP contribution < -0.4 is 10.3 Å². The second kappa shape index (κ2) is 3.95. The number of aryl methyl sites for hydroxylation is 1. The normalized spacial score (nSPS) is 9.83. The Hall–Kier alpha value is -1.25. The summed E-state index contributed by atoms with van der Waals surface area (Å²) in [6.45, 7) is 2.60. The van der Waals surface area contributed by atoms with Gasteiger partial charge in [-0.3, -0.25) is 4.79 Å². The molecule has 0 aliphatic rings. The molecule has 1 aromatic rings. The second-order valence-electron chi connectivity index (χ2n) is 2.64. The number of pyridine rings is 1. The van der Waals surface area contributed by atoms with E-state index in [2.05, 4.69) is 0 Å². The summed E-state index contributed by atoms with van der Waals surface area (Å²) in [5.41, 5.74) is -0.0778. The summed E-state index contributed by atoms with van der Waals surface area (Å²) < 4.78 is 6.74. The number of nitrogens with zero attached hydrogens (tertiary/aromatic N) is 1. The monoisotopic (exact) mass is 167 g/mol. The highest BCUT2D eigenvalue weighted by molar-refractivity contribution is 5.16. The summed E-state index contributed by atoms with van der Waals surface area (Å²) in [4.78, 5) is 11.3. The molecule has 0 unspecified atom stereocenters. The van der Waals surface area contributed by atoms with E-state index in [1.807, 2.05) is 6.92 Å². The molecule has 0 atom stereocenters. The van der Waals surface area contributed by atoms with Gasteiger partial charge in [0.05, 0.1) is 6.61 Å². The smallest absolute Gasteiger partial charge is 0.292 e. The molecular weight excluding hydrogens is 154 g/mol. The Labute approximate surface area is 71.6 Å².